The topological polar surface area (TPSA) is 35.5 Å². The van der Waals surface area contributed by atoms with E-state index in [0.29, 0.717) is 0 Å². The van der Waals surface area contributed by atoms with Crippen LogP contribution in [0.2, 0.25) is 0 Å². The molecule has 18 heavy (non-hydrogen) atoms. The molecule has 0 aromatic carbocycles. The first kappa shape index (κ1) is 14.3. The molecule has 1 saturated heterocycles. The zero-order valence-corrected chi connectivity index (χ0v) is 12.3. The number of hydrogen-bond donors (Lipinski definition) is 2. The van der Waals surface area contributed by atoms with Crippen molar-refractivity contribution < 1.29 is 5.11 Å². The van der Waals surface area contributed by atoms with Crippen molar-refractivity contribution in [3.63, 3.8) is 0 Å². The second-order valence-corrected chi connectivity index (χ2v) is 6.88. The fraction of sp³-hybridized carbons (Fsp3) is 1.00. The van der Waals surface area contributed by atoms with E-state index in [1.54, 1.807) is 0 Å². The van der Waals surface area contributed by atoms with Crippen LogP contribution in [0.25, 0.3) is 0 Å². The quantitative estimate of drug-likeness (QED) is 0.804. The highest BCUT2D eigenvalue weighted by Gasteiger charge is 2.36. The van der Waals surface area contributed by atoms with Crippen molar-refractivity contribution in [3.8, 4) is 0 Å². The number of aliphatic hydroxyl groups is 1. The molecular weight excluding hydrogens is 224 g/mol. The second kappa shape index (κ2) is 5.89. The molecule has 0 amide bonds. The minimum Gasteiger partial charge on any atom is -0.392 e. The predicted molar refractivity (Wildman–Crippen MR) is 75.7 cm³/mol. The smallest absolute Gasteiger partial charge is 0.0615 e. The summed E-state index contributed by atoms with van der Waals surface area (Å²) in [5, 5.41) is 13.7. The van der Waals surface area contributed by atoms with Gasteiger partial charge in [-0.1, -0.05) is 27.2 Å². The van der Waals surface area contributed by atoms with Crippen molar-refractivity contribution in [2.45, 2.75) is 58.6 Å². The third kappa shape index (κ3) is 3.25. The maximum atomic E-state index is 10.0. The molecule has 3 nitrogen and oxygen atoms in total. The molecule has 2 rings (SSSR count). The normalized spacial score (nSPS) is 37.0. The van der Waals surface area contributed by atoms with Gasteiger partial charge in [0.2, 0.25) is 0 Å². The van der Waals surface area contributed by atoms with E-state index in [0.717, 1.165) is 38.0 Å². The Labute approximate surface area is 112 Å². The van der Waals surface area contributed by atoms with Crippen molar-refractivity contribution in [2.75, 3.05) is 26.2 Å². The molecule has 2 fully saturated rings. The monoisotopic (exact) mass is 254 g/mol. The van der Waals surface area contributed by atoms with Crippen LogP contribution in [0.3, 0.4) is 0 Å². The summed E-state index contributed by atoms with van der Waals surface area (Å²) in [6.45, 7) is 11.0. The molecular formula is C15H30N2O. The Bertz CT molecular complexity index is 267. The first-order chi connectivity index (χ1) is 8.53. The van der Waals surface area contributed by atoms with Crippen molar-refractivity contribution in [1.82, 2.24) is 10.2 Å². The number of hydrogen-bond acceptors (Lipinski definition) is 3. The molecule has 0 aromatic rings. The Morgan fingerprint density at radius 1 is 1.28 bits per heavy atom. The first-order valence-corrected chi connectivity index (χ1v) is 7.66. The van der Waals surface area contributed by atoms with Crippen LogP contribution in [0.5, 0.6) is 0 Å². The lowest BCUT2D eigenvalue weighted by molar-refractivity contribution is -0.0291. The van der Waals surface area contributed by atoms with Crippen LogP contribution in [-0.4, -0.2) is 48.3 Å². The Morgan fingerprint density at radius 3 is 2.72 bits per heavy atom. The highest BCUT2D eigenvalue weighted by molar-refractivity contribution is 4.90. The van der Waals surface area contributed by atoms with Crippen LogP contribution < -0.4 is 5.32 Å². The molecule has 0 radical (unpaired) electrons. The van der Waals surface area contributed by atoms with Gasteiger partial charge in [-0.15, -0.1) is 0 Å². The summed E-state index contributed by atoms with van der Waals surface area (Å²) in [7, 11) is 0. The third-order valence-electron chi connectivity index (χ3n) is 4.87. The number of likely N-dealkylation sites (tertiary alicyclic amines) is 1. The summed E-state index contributed by atoms with van der Waals surface area (Å²) in [5.41, 5.74) is 0.0601. The third-order valence-corrected chi connectivity index (χ3v) is 4.87. The lowest BCUT2D eigenvalue weighted by atomic mass is 9.81. The van der Waals surface area contributed by atoms with Crippen LogP contribution in [-0.2, 0) is 0 Å². The van der Waals surface area contributed by atoms with Crippen LogP contribution in [0.15, 0.2) is 0 Å². The fourth-order valence-corrected chi connectivity index (χ4v) is 3.73. The van der Waals surface area contributed by atoms with E-state index in [1.807, 2.05) is 0 Å². The van der Waals surface area contributed by atoms with Gasteiger partial charge in [0.15, 0.2) is 0 Å². The molecule has 0 aromatic heterocycles. The van der Waals surface area contributed by atoms with E-state index in [1.165, 1.54) is 25.8 Å². The van der Waals surface area contributed by atoms with Gasteiger partial charge in [0, 0.05) is 31.1 Å². The molecule has 1 aliphatic carbocycles. The highest BCUT2D eigenvalue weighted by atomic mass is 16.3. The first-order valence-electron chi connectivity index (χ1n) is 7.66. The van der Waals surface area contributed by atoms with Gasteiger partial charge in [0.05, 0.1) is 6.10 Å². The summed E-state index contributed by atoms with van der Waals surface area (Å²) in [4.78, 5) is 2.58. The van der Waals surface area contributed by atoms with E-state index in [9.17, 15) is 5.11 Å². The average molecular weight is 254 g/mol. The van der Waals surface area contributed by atoms with Crippen LogP contribution >= 0.6 is 0 Å². The van der Waals surface area contributed by atoms with Crippen molar-refractivity contribution in [3.05, 3.63) is 0 Å². The maximum absolute atomic E-state index is 10.0. The van der Waals surface area contributed by atoms with Gasteiger partial charge >= 0.3 is 0 Å². The zero-order valence-electron chi connectivity index (χ0n) is 12.3. The highest BCUT2D eigenvalue weighted by Crippen LogP contribution is 2.32. The number of piperidine rings is 1. The van der Waals surface area contributed by atoms with Crippen LogP contribution in [0.1, 0.15) is 46.5 Å². The van der Waals surface area contributed by atoms with Gasteiger partial charge in [0.25, 0.3) is 0 Å². The minimum atomic E-state index is -0.123. The summed E-state index contributed by atoms with van der Waals surface area (Å²) in [6, 6.07) is 0.727. The average Bonchev–Trinajstić information content (AvgIpc) is 2.72. The van der Waals surface area contributed by atoms with E-state index >= 15 is 0 Å². The van der Waals surface area contributed by atoms with Crippen LogP contribution in [0.4, 0.5) is 0 Å². The maximum Gasteiger partial charge on any atom is 0.0615 e. The summed E-state index contributed by atoms with van der Waals surface area (Å²) in [5.74, 6) is 0.816. The SMILES string of the molecule is CCNC1CCCC1CN1CCC(O)C(C)(C)C1. The van der Waals surface area contributed by atoms with Gasteiger partial charge in [-0.2, -0.15) is 0 Å². The largest absolute Gasteiger partial charge is 0.392 e. The Kier molecular flexibility index (Phi) is 4.68. The van der Waals surface area contributed by atoms with Gasteiger partial charge in [-0.25, -0.2) is 0 Å². The van der Waals surface area contributed by atoms with E-state index in [-0.39, 0.29) is 11.5 Å². The Hall–Kier alpha value is -0.120. The van der Waals surface area contributed by atoms with E-state index in [2.05, 4.69) is 31.0 Å². The number of aliphatic hydroxyl groups excluding tert-OH is 1. The summed E-state index contributed by atoms with van der Waals surface area (Å²) < 4.78 is 0. The molecule has 3 atom stereocenters. The molecule has 2 N–H and O–H groups in total. The predicted octanol–water partition coefficient (Wildman–Crippen LogP) is 1.86. The van der Waals surface area contributed by atoms with Gasteiger partial charge in [-0.3, -0.25) is 0 Å². The Morgan fingerprint density at radius 2 is 2.06 bits per heavy atom. The number of rotatable bonds is 4. The van der Waals surface area contributed by atoms with Crippen molar-refractivity contribution >= 4 is 0 Å². The van der Waals surface area contributed by atoms with Gasteiger partial charge in [0.1, 0.15) is 0 Å². The van der Waals surface area contributed by atoms with Crippen molar-refractivity contribution in [2.24, 2.45) is 11.3 Å². The number of nitrogens with one attached hydrogen (secondary N) is 1. The van der Waals surface area contributed by atoms with Crippen molar-refractivity contribution in [1.29, 1.82) is 0 Å². The van der Waals surface area contributed by atoms with E-state index < -0.39 is 0 Å². The summed E-state index contributed by atoms with van der Waals surface area (Å²) >= 11 is 0. The fourth-order valence-electron chi connectivity index (χ4n) is 3.73. The molecule has 0 bridgehead atoms. The molecule has 106 valence electrons. The second-order valence-electron chi connectivity index (χ2n) is 6.88. The van der Waals surface area contributed by atoms with Gasteiger partial charge < -0.3 is 15.3 Å². The molecule has 1 heterocycles. The zero-order chi connectivity index (χ0) is 13.2. The molecule has 1 aliphatic heterocycles. The van der Waals surface area contributed by atoms with Crippen LogP contribution in [0, 0.1) is 11.3 Å². The standard InChI is InChI=1S/C15H30N2O/c1-4-16-13-7-5-6-12(13)10-17-9-8-14(18)15(2,3)11-17/h12-14,16,18H,4-11H2,1-3H3. The molecule has 3 unspecified atom stereocenters. The van der Waals surface area contributed by atoms with Gasteiger partial charge in [-0.05, 0) is 31.7 Å². The lowest BCUT2D eigenvalue weighted by Gasteiger charge is -2.43. The molecule has 2 aliphatic rings. The Balaban J connectivity index is 1.86. The summed E-state index contributed by atoms with van der Waals surface area (Å²) in [6.07, 6.45) is 4.91. The molecule has 0 spiro atoms. The number of nitrogens with zero attached hydrogens (tertiary/aromatic N) is 1. The van der Waals surface area contributed by atoms with E-state index in [4.69, 9.17) is 0 Å². The molecule has 3 heteroatoms. The molecule has 1 saturated carbocycles. The lowest BCUT2D eigenvalue weighted by Crippen LogP contribution is -2.51. The minimum absolute atomic E-state index is 0.0601.